The summed E-state index contributed by atoms with van der Waals surface area (Å²) in [5.74, 6) is -1.06. The quantitative estimate of drug-likeness (QED) is 0.0298. The summed E-state index contributed by atoms with van der Waals surface area (Å²) >= 11 is 0. The number of nitrogens with one attached hydrogen (secondary N) is 3. The Kier molecular flexibility index (Phi) is 28.6. The first-order valence-electron chi connectivity index (χ1n) is 34.5. The van der Waals surface area contributed by atoms with Gasteiger partial charge in [0.25, 0.3) is 16.7 Å². The highest BCUT2D eigenvalue weighted by Crippen LogP contribution is 2.49. The number of alkyl halides is 5. The van der Waals surface area contributed by atoms with Crippen LogP contribution in [0.15, 0.2) is 136 Å². The number of allylic oxidation sites excluding steroid dienone is 3. The number of rotatable bonds is 18. The molecule has 0 unspecified atom stereocenters. The second kappa shape index (κ2) is 35.1. The summed E-state index contributed by atoms with van der Waals surface area (Å²) in [5, 5.41) is 29.1. The molecule has 0 saturated carbocycles. The van der Waals surface area contributed by atoms with Gasteiger partial charge in [0.15, 0.2) is 68.3 Å². The van der Waals surface area contributed by atoms with Crippen LogP contribution in [0, 0.1) is 41.4 Å². The lowest BCUT2D eigenvalue weighted by molar-refractivity contribution is -0.139. The number of anilines is 2. The summed E-state index contributed by atoms with van der Waals surface area (Å²) in [7, 11) is 0. The molecular weight excluding hydrogens is 1380 g/mol. The number of H-pyrrole nitrogens is 3. The smallest absolute Gasteiger partial charge is 0.351 e. The van der Waals surface area contributed by atoms with Crippen molar-refractivity contribution in [3.63, 3.8) is 0 Å². The molecule has 10 heterocycles. The van der Waals surface area contributed by atoms with Gasteiger partial charge in [-0.25, -0.2) is 45.9 Å². The SMILES string of the molecule is CC(C)/C=C/[C@]1(CO)O[C@@H](n2ccc(N)nc2=O)[C@H](F)[C@@H]1O.CC[C@@]1(/C=C/C(C)C)O[C@@H](n2ccc(=O)[nH]c2=O)[C@H](F)[C@@H]1C.CC[C@@]1(/C=C/C(C)C)O[C@@H](n2ccc(N)nc2=O)[C@H](F)[C@@H]1C.CC[C@@]1(C=O)O[C@@H](n2ccc(=O)[nH]c2=O)[C@H](F)[C@@H]1C.CC[C@@]1(CO)O[C@@H](n2ccc(=O)[nH]c2=O)[C@H](F)[C@@H]1C. The van der Waals surface area contributed by atoms with Crippen LogP contribution in [-0.4, -0.2) is 148 Å². The number of aliphatic hydroxyl groups is 3. The highest BCUT2D eigenvalue weighted by Gasteiger charge is 2.57. The molecule has 10 rings (SSSR count). The van der Waals surface area contributed by atoms with Crippen molar-refractivity contribution >= 4 is 17.9 Å². The maximum Gasteiger partial charge on any atom is 0.351 e. The number of aliphatic hydroxyl groups excluding tert-OH is 3. The predicted octanol–water partition coefficient (Wildman–Crippen LogP) is 5.65. The molecule has 0 amide bonds. The van der Waals surface area contributed by atoms with Gasteiger partial charge in [-0.3, -0.25) is 52.2 Å². The number of nitrogens with zero attached hydrogens (tertiary/aromatic N) is 7. The van der Waals surface area contributed by atoms with Crippen LogP contribution >= 0.6 is 0 Å². The van der Waals surface area contributed by atoms with Crippen LogP contribution in [0.3, 0.4) is 0 Å². The summed E-state index contributed by atoms with van der Waals surface area (Å²) < 4.78 is 106. The molecule has 34 heteroatoms. The van der Waals surface area contributed by atoms with Crippen LogP contribution in [-0.2, 0) is 28.5 Å². The van der Waals surface area contributed by atoms with Crippen LogP contribution in [0.4, 0.5) is 33.6 Å². The fraction of sp³-hybridized carbons (Fsp3) is 0.614. The van der Waals surface area contributed by atoms with E-state index in [0.29, 0.717) is 43.8 Å². The average molecular weight is 1480 g/mol. The zero-order chi connectivity index (χ0) is 77.9. The third-order valence-corrected chi connectivity index (χ3v) is 19.8. The third kappa shape index (κ3) is 18.1. The lowest BCUT2D eigenvalue weighted by Crippen LogP contribution is -2.43. The minimum atomic E-state index is -1.90. The molecule has 5 aromatic rings. The van der Waals surface area contributed by atoms with Crippen molar-refractivity contribution in [3.05, 3.63) is 181 Å². The zero-order valence-corrected chi connectivity index (χ0v) is 60.7. The topological polar surface area (TPSA) is 410 Å². The highest BCUT2D eigenvalue weighted by atomic mass is 19.2. The van der Waals surface area contributed by atoms with E-state index in [-0.39, 0.29) is 30.1 Å². The van der Waals surface area contributed by atoms with Gasteiger partial charge in [-0.15, -0.1) is 0 Å². The first kappa shape index (κ1) is 84.6. The lowest BCUT2D eigenvalue weighted by Gasteiger charge is -2.29. The van der Waals surface area contributed by atoms with Crippen molar-refractivity contribution in [1.82, 2.24) is 47.8 Å². The summed E-state index contributed by atoms with van der Waals surface area (Å²) in [6, 6.07) is 6.23. The number of carbonyl (C=O) groups is 1. The third-order valence-electron chi connectivity index (χ3n) is 19.8. The lowest BCUT2D eigenvalue weighted by atomic mass is 9.84. The van der Waals surface area contributed by atoms with Gasteiger partial charge in [-0.2, -0.15) is 9.97 Å². The molecule has 5 aliphatic heterocycles. The first-order valence-corrected chi connectivity index (χ1v) is 34.5. The molecule has 0 aliphatic carbocycles. The Morgan fingerprint density at radius 2 is 0.750 bits per heavy atom. The number of carbonyl (C=O) groups excluding carboxylic acids is 1. The van der Waals surface area contributed by atoms with E-state index < -0.39 is 166 Å². The van der Waals surface area contributed by atoms with E-state index in [4.69, 9.17) is 35.2 Å². The number of hydrogen-bond donors (Lipinski definition) is 8. The highest BCUT2D eigenvalue weighted by molar-refractivity contribution is 5.64. The summed E-state index contributed by atoms with van der Waals surface area (Å²) in [6.45, 7) is 25.2. The van der Waals surface area contributed by atoms with E-state index in [2.05, 4.69) is 33.8 Å². The molecular formula is C70H99F5N12O17. The van der Waals surface area contributed by atoms with E-state index in [1.807, 2.05) is 77.8 Å². The fourth-order valence-corrected chi connectivity index (χ4v) is 12.8. The zero-order valence-electron chi connectivity index (χ0n) is 60.7. The Morgan fingerprint density at radius 3 is 1.04 bits per heavy atom. The van der Waals surface area contributed by atoms with Crippen LogP contribution in [0.5, 0.6) is 0 Å². The molecule has 0 spiro atoms. The molecule has 5 fully saturated rings. The Bertz CT molecular complexity index is 4200. The largest absolute Gasteiger partial charge is 0.393 e. The fourth-order valence-electron chi connectivity index (χ4n) is 12.8. The van der Waals surface area contributed by atoms with Crippen molar-refractivity contribution in [2.75, 3.05) is 24.7 Å². The Labute approximate surface area is 595 Å². The van der Waals surface area contributed by atoms with Crippen LogP contribution in [0.1, 0.15) is 154 Å². The van der Waals surface area contributed by atoms with Crippen LogP contribution in [0.25, 0.3) is 0 Å². The molecule has 576 valence electrons. The molecule has 29 nitrogen and oxygen atoms in total. The van der Waals surface area contributed by atoms with Gasteiger partial charge in [-0.05, 0) is 55.6 Å². The Balaban J connectivity index is 0.000000204. The van der Waals surface area contributed by atoms with Crippen molar-refractivity contribution in [2.45, 2.75) is 219 Å². The monoisotopic (exact) mass is 1470 g/mol. The van der Waals surface area contributed by atoms with Gasteiger partial charge in [0.05, 0.1) is 30.0 Å². The van der Waals surface area contributed by atoms with Gasteiger partial charge in [0.2, 0.25) is 0 Å². The Morgan fingerprint density at radius 1 is 0.452 bits per heavy atom. The number of nitrogen functional groups attached to an aromatic ring is 2. The van der Waals surface area contributed by atoms with Gasteiger partial charge in [0.1, 0.15) is 28.9 Å². The number of nitrogens with two attached hydrogens (primary N) is 2. The molecule has 10 N–H and O–H groups in total. The van der Waals surface area contributed by atoms with Crippen LogP contribution in [0.2, 0.25) is 0 Å². The summed E-state index contributed by atoms with van der Waals surface area (Å²) in [6.07, 6.45) is 5.06. The number of aldehydes is 1. The minimum Gasteiger partial charge on any atom is -0.393 e. The number of hydrogen-bond acceptors (Lipinski definition) is 21. The standard InChI is InChI=1S/C16H24FN3O2.C16H23FN2O3.C14H20FN3O4.C12H17FN2O4.C12H15FN2O4/c1-5-16(8-6-10(2)3)11(4)13(17)14(22-16)20-9-7-12(18)19-15(20)21;1-5-16(8-6-10(2)3)11(4)13(17)14(22-16)19-9-7-12(20)18-15(19)21;1-8(2)3-5-14(7-19)11(20)10(15)12(22-14)18-6-4-9(16)17-13(18)21;2*1-3-12(6-16)7(2)9(13)10(19-12)15-5-4-8(17)14-11(15)18/h6-11,13-14H,5H2,1-4H3,(H2,18,19,21);6-11,13-14H,5H2,1-4H3,(H,18,20,21);3-6,8,10-12,19-20H,7H2,1-2H3,(H2,16,17,21);4-5,7,9-10,16H,3,6H2,1-2H3,(H,14,17,18);4-7,9-10H,3H2,1-2H3,(H,14,17,18)/b2*8-6+;5-3+;;/t2*11-,13+,14+,16-;10-,11+,12-,14-;2*7-,9+,10+,12-/m00100/s1. The van der Waals surface area contributed by atoms with E-state index >= 15 is 0 Å². The average Bonchev–Trinajstić information content (AvgIpc) is 1.66. The molecule has 0 aromatic carbocycles. The molecule has 104 heavy (non-hydrogen) atoms. The summed E-state index contributed by atoms with van der Waals surface area (Å²) in [4.78, 5) is 117. The Hall–Kier alpha value is -8.38. The maximum absolute atomic E-state index is 14.8. The first-order chi connectivity index (χ1) is 48.8. The number of aromatic nitrogens is 10. The van der Waals surface area contributed by atoms with E-state index in [0.717, 1.165) is 30.4 Å². The second-order valence-electron chi connectivity index (χ2n) is 27.5. The molecule has 0 radical (unpaired) electrons. The molecule has 0 bridgehead atoms. The number of ether oxygens (including phenoxy) is 5. The van der Waals surface area contributed by atoms with Crippen molar-refractivity contribution in [1.29, 1.82) is 0 Å². The maximum atomic E-state index is 14.8. The van der Waals surface area contributed by atoms with Crippen LogP contribution < -0.4 is 56.6 Å². The molecule has 5 saturated heterocycles. The predicted molar refractivity (Wildman–Crippen MR) is 375 cm³/mol. The van der Waals surface area contributed by atoms with Crippen molar-refractivity contribution in [2.24, 2.45) is 41.4 Å². The van der Waals surface area contributed by atoms with Crippen molar-refractivity contribution < 1.29 is 65.8 Å². The normalized spacial score (nSPS) is 33.0. The number of aromatic amines is 3. The molecule has 5 aliphatic rings. The molecule has 5 aromatic heterocycles. The van der Waals surface area contributed by atoms with E-state index in [9.17, 15) is 80.4 Å². The van der Waals surface area contributed by atoms with Gasteiger partial charge >= 0.3 is 28.4 Å². The second-order valence-corrected chi connectivity index (χ2v) is 27.5. The van der Waals surface area contributed by atoms with Gasteiger partial charge in [0, 0.05) is 72.9 Å². The van der Waals surface area contributed by atoms with E-state index in [1.165, 1.54) is 59.8 Å². The van der Waals surface area contributed by atoms with Crippen molar-refractivity contribution in [3.8, 4) is 0 Å². The van der Waals surface area contributed by atoms with Gasteiger partial charge < -0.3 is 55.3 Å². The minimum absolute atomic E-state index is 0.00308. The van der Waals surface area contributed by atoms with E-state index in [1.54, 1.807) is 40.7 Å². The summed E-state index contributed by atoms with van der Waals surface area (Å²) in [5.41, 5.74) is 0.408. The number of halogens is 5. The van der Waals surface area contributed by atoms with Gasteiger partial charge in [-0.1, -0.05) is 133 Å². The molecule has 20 atom stereocenters.